The fourth-order valence-electron chi connectivity index (χ4n) is 5.49. The van der Waals surface area contributed by atoms with Gasteiger partial charge in [-0.3, -0.25) is 14.6 Å². The molecule has 3 N–H and O–H groups in total. The van der Waals surface area contributed by atoms with Crippen molar-refractivity contribution in [1.29, 1.82) is 0 Å². The van der Waals surface area contributed by atoms with Gasteiger partial charge in [0.25, 0.3) is 5.91 Å². The van der Waals surface area contributed by atoms with Crippen LogP contribution in [0.3, 0.4) is 0 Å². The minimum atomic E-state index is -4.61. The van der Waals surface area contributed by atoms with Gasteiger partial charge in [0.05, 0.1) is 24.7 Å². The summed E-state index contributed by atoms with van der Waals surface area (Å²) in [7, 11) is 1.43. The van der Waals surface area contributed by atoms with Gasteiger partial charge in [0, 0.05) is 42.2 Å². The molecule has 7 nitrogen and oxygen atoms in total. The SMILES string of the molecule is COc1cc(NCc2c(-c3ccc(C(=O)NCCC(=O)O)nc3)cc(C(F)(F)F)cc2C2CC2)ccc1-c1ccc(C(F)(F)F)cc1C. The predicted molar refractivity (Wildman–Crippen MR) is 167 cm³/mol. The van der Waals surface area contributed by atoms with Gasteiger partial charge in [-0.15, -0.1) is 0 Å². The van der Waals surface area contributed by atoms with E-state index in [9.17, 15) is 35.9 Å². The smallest absolute Gasteiger partial charge is 0.416 e. The first-order valence-corrected chi connectivity index (χ1v) is 15.0. The van der Waals surface area contributed by atoms with Crippen molar-refractivity contribution in [1.82, 2.24) is 10.3 Å². The minimum Gasteiger partial charge on any atom is -0.496 e. The van der Waals surface area contributed by atoms with Crippen LogP contribution >= 0.6 is 0 Å². The van der Waals surface area contributed by atoms with Crippen molar-refractivity contribution < 1.29 is 45.8 Å². The van der Waals surface area contributed by atoms with Crippen LogP contribution in [-0.2, 0) is 23.7 Å². The molecule has 0 bridgehead atoms. The van der Waals surface area contributed by atoms with Crippen LogP contribution in [0.2, 0.25) is 0 Å². The number of ether oxygens (including phenoxy) is 1. The van der Waals surface area contributed by atoms with Crippen LogP contribution in [0.4, 0.5) is 32.0 Å². The normalized spacial score (nSPS) is 13.2. The summed E-state index contributed by atoms with van der Waals surface area (Å²) in [5.41, 5.74) is 2.32. The Balaban J connectivity index is 1.46. The Bertz CT molecular complexity index is 1830. The molecule has 13 heteroatoms. The van der Waals surface area contributed by atoms with E-state index >= 15 is 0 Å². The number of hydrogen-bond donors (Lipinski definition) is 3. The summed E-state index contributed by atoms with van der Waals surface area (Å²) in [5, 5.41) is 14.5. The lowest BCUT2D eigenvalue weighted by molar-refractivity contribution is -0.138. The largest absolute Gasteiger partial charge is 0.496 e. The van der Waals surface area contributed by atoms with E-state index in [1.54, 1.807) is 25.1 Å². The molecule has 252 valence electrons. The highest BCUT2D eigenvalue weighted by Crippen LogP contribution is 2.47. The third kappa shape index (κ3) is 7.89. The molecule has 1 aliphatic carbocycles. The third-order valence-electron chi connectivity index (χ3n) is 8.08. The first-order valence-electron chi connectivity index (χ1n) is 15.0. The van der Waals surface area contributed by atoms with Gasteiger partial charge in [-0.25, -0.2) is 0 Å². The summed E-state index contributed by atoms with van der Waals surface area (Å²) in [6.07, 6.45) is -6.59. The number of aryl methyl sites for hydroxylation is 1. The van der Waals surface area contributed by atoms with Crippen LogP contribution in [0.1, 0.15) is 63.5 Å². The van der Waals surface area contributed by atoms with E-state index in [1.165, 1.54) is 37.6 Å². The van der Waals surface area contributed by atoms with Gasteiger partial charge in [0.1, 0.15) is 11.4 Å². The number of nitrogens with one attached hydrogen (secondary N) is 2. The first kappa shape index (κ1) is 34.3. The van der Waals surface area contributed by atoms with Gasteiger partial charge in [0.15, 0.2) is 0 Å². The summed E-state index contributed by atoms with van der Waals surface area (Å²) in [6, 6.07) is 13.7. The fourth-order valence-corrected chi connectivity index (χ4v) is 5.49. The van der Waals surface area contributed by atoms with Gasteiger partial charge in [-0.2, -0.15) is 26.3 Å². The molecule has 0 radical (unpaired) electrons. The Hall–Kier alpha value is -5.07. The Morgan fingerprint density at radius 3 is 2.19 bits per heavy atom. The number of hydrogen-bond acceptors (Lipinski definition) is 5. The van der Waals surface area contributed by atoms with Crippen LogP contribution in [0.25, 0.3) is 22.3 Å². The second-order valence-corrected chi connectivity index (χ2v) is 11.5. The van der Waals surface area contributed by atoms with Crippen molar-refractivity contribution in [2.45, 2.75) is 51.0 Å². The second kappa shape index (κ2) is 13.6. The number of carboxylic acid groups (broad SMARTS) is 1. The lowest BCUT2D eigenvalue weighted by Crippen LogP contribution is -2.26. The van der Waals surface area contributed by atoms with Crippen molar-refractivity contribution in [2.24, 2.45) is 0 Å². The highest BCUT2D eigenvalue weighted by molar-refractivity contribution is 5.92. The molecular formula is C35H31F6N3O4. The number of carbonyl (C=O) groups excluding carboxylic acids is 1. The number of amides is 1. The molecule has 1 aliphatic rings. The molecule has 1 amide bonds. The number of aliphatic carboxylic acids is 1. The quantitative estimate of drug-likeness (QED) is 0.138. The zero-order chi connectivity index (χ0) is 34.8. The summed E-state index contributed by atoms with van der Waals surface area (Å²) < 4.78 is 87.4. The molecular weight excluding hydrogens is 640 g/mol. The van der Waals surface area contributed by atoms with E-state index in [2.05, 4.69) is 15.6 Å². The number of methoxy groups -OCH3 is 1. The van der Waals surface area contributed by atoms with Crippen LogP contribution in [0.15, 0.2) is 66.9 Å². The number of alkyl halides is 6. The Morgan fingerprint density at radius 2 is 1.60 bits per heavy atom. The number of nitrogens with zero attached hydrogens (tertiary/aromatic N) is 1. The minimum absolute atomic E-state index is 0.0197. The molecule has 1 fully saturated rings. The number of aromatic nitrogens is 1. The highest BCUT2D eigenvalue weighted by Gasteiger charge is 2.36. The summed E-state index contributed by atoms with van der Waals surface area (Å²) in [4.78, 5) is 27.3. The first-order chi connectivity index (χ1) is 22.7. The van der Waals surface area contributed by atoms with Crippen LogP contribution in [0.5, 0.6) is 5.75 Å². The predicted octanol–water partition coefficient (Wildman–Crippen LogP) is 8.46. The van der Waals surface area contributed by atoms with E-state index in [4.69, 9.17) is 9.84 Å². The van der Waals surface area contributed by atoms with Gasteiger partial charge in [-0.1, -0.05) is 12.1 Å². The maximum Gasteiger partial charge on any atom is 0.416 e. The number of anilines is 1. The van der Waals surface area contributed by atoms with Crippen LogP contribution in [0, 0.1) is 6.92 Å². The average molecular weight is 672 g/mol. The fraction of sp³-hybridized carbons (Fsp3) is 0.286. The van der Waals surface area contributed by atoms with E-state index in [0.717, 1.165) is 31.0 Å². The molecule has 0 unspecified atom stereocenters. The molecule has 5 rings (SSSR count). The average Bonchev–Trinajstić information content (AvgIpc) is 3.88. The van der Waals surface area contributed by atoms with Crippen molar-refractivity contribution in [2.75, 3.05) is 19.0 Å². The monoisotopic (exact) mass is 671 g/mol. The number of pyridine rings is 1. The lowest BCUT2D eigenvalue weighted by atomic mass is 9.90. The summed E-state index contributed by atoms with van der Waals surface area (Å²) in [5.74, 6) is -1.37. The number of halogens is 6. The van der Waals surface area contributed by atoms with Gasteiger partial charge in [0.2, 0.25) is 0 Å². The van der Waals surface area contributed by atoms with Crippen molar-refractivity contribution in [3.8, 4) is 28.0 Å². The molecule has 1 aromatic heterocycles. The van der Waals surface area contributed by atoms with E-state index in [-0.39, 0.29) is 36.7 Å². The maximum absolute atomic E-state index is 14.0. The molecule has 1 saturated carbocycles. The third-order valence-corrected chi connectivity index (χ3v) is 8.08. The van der Waals surface area contributed by atoms with E-state index < -0.39 is 35.4 Å². The maximum atomic E-state index is 14.0. The molecule has 0 atom stereocenters. The number of rotatable bonds is 11. The molecule has 0 aliphatic heterocycles. The standard InChI is InChI=1S/C35H31F6N3O4/c1-19-13-22(34(36,37)38)6-8-25(19)26-9-7-24(16-31(26)48-2)43-18-29-27(20-3-4-20)14-23(35(39,40)41)15-28(29)21-5-10-30(44-17-21)33(47)42-12-11-32(45)46/h5-10,13-17,20,43H,3-4,11-12,18H2,1-2H3,(H,42,47)(H,45,46). The molecule has 0 saturated heterocycles. The number of carboxylic acids is 1. The Labute approximate surface area is 272 Å². The van der Waals surface area contributed by atoms with Crippen LogP contribution < -0.4 is 15.4 Å². The van der Waals surface area contributed by atoms with E-state index in [0.29, 0.717) is 44.8 Å². The Kier molecular flexibility index (Phi) is 9.69. The molecule has 3 aromatic carbocycles. The zero-order valence-corrected chi connectivity index (χ0v) is 25.9. The van der Waals surface area contributed by atoms with Crippen LogP contribution in [-0.4, -0.2) is 35.6 Å². The van der Waals surface area contributed by atoms with Gasteiger partial charge in [-0.05, 0) is 96.0 Å². The summed E-state index contributed by atoms with van der Waals surface area (Å²) >= 11 is 0. The van der Waals surface area contributed by atoms with Crippen molar-refractivity contribution >= 4 is 17.6 Å². The molecule has 1 heterocycles. The second-order valence-electron chi connectivity index (χ2n) is 11.5. The van der Waals surface area contributed by atoms with Crippen molar-refractivity contribution in [3.05, 3.63) is 100 Å². The lowest BCUT2D eigenvalue weighted by Gasteiger charge is -2.20. The topological polar surface area (TPSA) is 101 Å². The zero-order valence-electron chi connectivity index (χ0n) is 25.9. The number of benzene rings is 3. The van der Waals surface area contributed by atoms with E-state index in [1.807, 2.05) is 0 Å². The van der Waals surface area contributed by atoms with Crippen molar-refractivity contribution in [3.63, 3.8) is 0 Å². The molecule has 4 aromatic rings. The molecule has 48 heavy (non-hydrogen) atoms. The number of carbonyl (C=O) groups is 2. The van der Waals surface area contributed by atoms with Gasteiger partial charge < -0.3 is 20.5 Å². The molecule has 0 spiro atoms. The highest BCUT2D eigenvalue weighted by atomic mass is 19.4. The summed E-state index contributed by atoms with van der Waals surface area (Å²) in [6.45, 7) is 1.59. The van der Waals surface area contributed by atoms with Gasteiger partial charge >= 0.3 is 18.3 Å². The Morgan fingerprint density at radius 1 is 0.896 bits per heavy atom.